The number of hydrogen-bond acceptors (Lipinski definition) is 7. The number of hydrogen-bond donors (Lipinski definition) is 6. The minimum atomic E-state index is -1.15. The minimum absolute atomic E-state index is 0.0944. The van der Waals surface area contributed by atoms with E-state index in [-0.39, 0.29) is 25.2 Å². The van der Waals surface area contributed by atoms with E-state index < -0.39 is 47.9 Å². The number of nitrogens with one attached hydrogen (secondary N) is 4. The number of aromatic nitrogens is 2. The second-order valence-corrected chi connectivity index (χ2v) is 10.5. The highest BCUT2D eigenvalue weighted by Crippen LogP contribution is 2.09. The molecule has 0 fully saturated rings. The molecule has 4 atom stereocenters. The number of nitrogens with zero attached hydrogens (tertiary/aromatic N) is 1. The molecule has 0 aliphatic carbocycles. The first-order valence-electron chi connectivity index (χ1n) is 12.5. The molecule has 0 saturated carbocycles. The number of rotatable bonds is 16. The molecule has 3 amide bonds. The summed E-state index contributed by atoms with van der Waals surface area (Å²) in [5, 5.41) is 17.5. The smallest absolute Gasteiger partial charge is 0.326 e. The predicted octanol–water partition coefficient (Wildman–Crippen LogP) is 0.860. The van der Waals surface area contributed by atoms with Crippen LogP contribution in [0.15, 0.2) is 42.9 Å². The summed E-state index contributed by atoms with van der Waals surface area (Å²) in [6.45, 7) is 3.89. The Morgan fingerprint density at radius 3 is 2.13 bits per heavy atom. The molecule has 7 N–H and O–H groups in total. The van der Waals surface area contributed by atoms with E-state index in [0.29, 0.717) is 17.9 Å². The highest BCUT2D eigenvalue weighted by Gasteiger charge is 2.31. The van der Waals surface area contributed by atoms with Crippen LogP contribution in [0, 0.1) is 5.92 Å². The minimum Gasteiger partial charge on any atom is -0.480 e. The van der Waals surface area contributed by atoms with E-state index in [1.807, 2.05) is 50.4 Å². The van der Waals surface area contributed by atoms with Gasteiger partial charge in [0.05, 0.1) is 12.4 Å². The molecular formula is C26H38N6O5S. The zero-order chi connectivity index (χ0) is 28.1. The lowest BCUT2D eigenvalue weighted by molar-refractivity contribution is -0.142. The van der Waals surface area contributed by atoms with Crippen LogP contribution in [0.5, 0.6) is 0 Å². The maximum absolute atomic E-state index is 13.4. The molecule has 0 aliphatic heterocycles. The van der Waals surface area contributed by atoms with Gasteiger partial charge in [0.25, 0.3) is 0 Å². The van der Waals surface area contributed by atoms with Gasteiger partial charge in [0.2, 0.25) is 17.7 Å². The Bertz CT molecular complexity index is 1030. The summed E-state index contributed by atoms with van der Waals surface area (Å²) in [6.07, 6.45) is 5.75. The lowest BCUT2D eigenvalue weighted by Gasteiger charge is -2.25. The molecule has 1 aromatic heterocycles. The van der Waals surface area contributed by atoms with Gasteiger partial charge in [-0.05, 0) is 36.3 Å². The van der Waals surface area contributed by atoms with Crippen molar-refractivity contribution in [3.8, 4) is 0 Å². The summed E-state index contributed by atoms with van der Waals surface area (Å²) in [5.41, 5.74) is 7.41. The average molecular weight is 547 g/mol. The van der Waals surface area contributed by atoms with Crippen molar-refractivity contribution in [1.29, 1.82) is 0 Å². The highest BCUT2D eigenvalue weighted by atomic mass is 32.2. The number of thioether (sulfide) groups is 1. The third-order valence-corrected chi connectivity index (χ3v) is 6.46. The number of aliphatic carboxylic acids is 1. The molecule has 12 heteroatoms. The van der Waals surface area contributed by atoms with Gasteiger partial charge in [-0.15, -0.1) is 0 Å². The maximum Gasteiger partial charge on any atom is 0.326 e. The number of carboxylic acids is 1. The predicted molar refractivity (Wildman–Crippen MR) is 146 cm³/mol. The summed E-state index contributed by atoms with van der Waals surface area (Å²) in [5.74, 6) is -2.13. The molecule has 2 aromatic rings. The van der Waals surface area contributed by atoms with E-state index >= 15 is 0 Å². The zero-order valence-corrected chi connectivity index (χ0v) is 22.8. The van der Waals surface area contributed by atoms with Crippen LogP contribution in [0.3, 0.4) is 0 Å². The summed E-state index contributed by atoms with van der Waals surface area (Å²) >= 11 is 1.47. The molecule has 0 saturated heterocycles. The lowest BCUT2D eigenvalue weighted by Crippen LogP contribution is -2.58. The SMILES string of the molecule is CSCCC(NC(=O)C(Cc1ccccc1)NC(=O)C(Cc1cnc[nH]1)NC(=O)C(N)CC(C)C)C(=O)O. The van der Waals surface area contributed by atoms with Gasteiger partial charge in [-0.1, -0.05) is 44.2 Å². The number of carbonyl (C=O) groups excluding carboxylic acids is 3. The number of carboxylic acid groups (broad SMARTS) is 1. The van der Waals surface area contributed by atoms with Crippen LogP contribution in [0.25, 0.3) is 0 Å². The van der Waals surface area contributed by atoms with Crippen molar-refractivity contribution in [3.63, 3.8) is 0 Å². The van der Waals surface area contributed by atoms with Gasteiger partial charge < -0.3 is 31.8 Å². The van der Waals surface area contributed by atoms with Crippen molar-refractivity contribution in [1.82, 2.24) is 25.9 Å². The second-order valence-electron chi connectivity index (χ2n) is 9.51. The van der Waals surface area contributed by atoms with Crippen molar-refractivity contribution >= 4 is 35.5 Å². The fourth-order valence-electron chi connectivity index (χ4n) is 3.82. The molecule has 0 spiro atoms. The average Bonchev–Trinajstić information content (AvgIpc) is 3.38. The van der Waals surface area contributed by atoms with E-state index in [9.17, 15) is 24.3 Å². The van der Waals surface area contributed by atoms with Crippen molar-refractivity contribution in [3.05, 3.63) is 54.1 Å². The molecule has 208 valence electrons. The van der Waals surface area contributed by atoms with Crippen LogP contribution in [0.4, 0.5) is 0 Å². The van der Waals surface area contributed by atoms with Crippen molar-refractivity contribution < 1.29 is 24.3 Å². The fraction of sp³-hybridized carbons (Fsp3) is 0.500. The largest absolute Gasteiger partial charge is 0.480 e. The summed E-state index contributed by atoms with van der Waals surface area (Å²) < 4.78 is 0. The van der Waals surface area contributed by atoms with Gasteiger partial charge in [0.15, 0.2) is 0 Å². The van der Waals surface area contributed by atoms with E-state index in [4.69, 9.17) is 5.73 Å². The Balaban J connectivity index is 2.25. The van der Waals surface area contributed by atoms with Gasteiger partial charge in [0.1, 0.15) is 18.1 Å². The van der Waals surface area contributed by atoms with Gasteiger partial charge in [-0.2, -0.15) is 11.8 Å². The maximum atomic E-state index is 13.4. The molecule has 2 rings (SSSR count). The van der Waals surface area contributed by atoms with Crippen LogP contribution >= 0.6 is 11.8 Å². The molecule has 4 unspecified atom stereocenters. The molecule has 0 bridgehead atoms. The van der Waals surface area contributed by atoms with Crippen molar-refractivity contribution in [2.24, 2.45) is 11.7 Å². The molecule has 1 aromatic carbocycles. The fourth-order valence-corrected chi connectivity index (χ4v) is 4.29. The van der Waals surface area contributed by atoms with Crippen molar-refractivity contribution in [2.75, 3.05) is 12.0 Å². The number of nitrogens with two attached hydrogens (primary N) is 1. The number of carbonyl (C=O) groups is 4. The van der Waals surface area contributed by atoms with E-state index in [1.54, 1.807) is 0 Å². The highest BCUT2D eigenvalue weighted by molar-refractivity contribution is 7.98. The van der Waals surface area contributed by atoms with Crippen molar-refractivity contribution in [2.45, 2.75) is 63.7 Å². The van der Waals surface area contributed by atoms with E-state index in [1.165, 1.54) is 24.3 Å². The van der Waals surface area contributed by atoms with Gasteiger partial charge in [-0.3, -0.25) is 14.4 Å². The Morgan fingerprint density at radius 2 is 1.58 bits per heavy atom. The van der Waals surface area contributed by atoms with Crippen LogP contribution in [0.2, 0.25) is 0 Å². The summed E-state index contributed by atoms with van der Waals surface area (Å²) in [6, 6.07) is 5.04. The van der Waals surface area contributed by atoms with E-state index in [0.717, 1.165) is 5.56 Å². The molecule has 11 nitrogen and oxygen atoms in total. The Kier molecular flexibility index (Phi) is 12.8. The topological polar surface area (TPSA) is 179 Å². The van der Waals surface area contributed by atoms with Crippen LogP contribution in [-0.4, -0.2) is 74.9 Å². The third-order valence-electron chi connectivity index (χ3n) is 5.81. The number of benzene rings is 1. The first-order chi connectivity index (χ1) is 18.1. The number of amides is 3. The normalized spacial score (nSPS) is 14.2. The molecule has 0 radical (unpaired) electrons. The Morgan fingerprint density at radius 1 is 0.974 bits per heavy atom. The van der Waals surface area contributed by atoms with Gasteiger partial charge in [-0.25, -0.2) is 9.78 Å². The number of aromatic amines is 1. The molecule has 38 heavy (non-hydrogen) atoms. The summed E-state index contributed by atoms with van der Waals surface area (Å²) in [4.78, 5) is 58.0. The molecular weight excluding hydrogens is 508 g/mol. The van der Waals surface area contributed by atoms with Gasteiger partial charge >= 0.3 is 5.97 Å². The lowest BCUT2D eigenvalue weighted by atomic mass is 10.0. The first kappa shape index (κ1) is 30.8. The number of H-pyrrole nitrogens is 1. The molecule has 1 heterocycles. The summed E-state index contributed by atoms with van der Waals surface area (Å²) in [7, 11) is 0. The quantitative estimate of drug-likeness (QED) is 0.179. The van der Waals surface area contributed by atoms with Crippen LogP contribution in [-0.2, 0) is 32.0 Å². The van der Waals surface area contributed by atoms with E-state index in [2.05, 4.69) is 25.9 Å². The zero-order valence-electron chi connectivity index (χ0n) is 22.0. The standard InChI is InChI=1S/C26H38N6O5S/c1-16(2)11-19(27)23(33)31-22(13-18-14-28-15-29-18)25(35)32-21(12-17-7-5-4-6-8-17)24(34)30-20(26(36)37)9-10-38-3/h4-8,14-16,19-22H,9-13,27H2,1-3H3,(H,28,29)(H,30,34)(H,31,33)(H,32,35)(H,36,37). The van der Waals surface area contributed by atoms with Crippen LogP contribution in [0.1, 0.15) is 37.9 Å². The Labute approximate surface area is 227 Å². The first-order valence-corrected chi connectivity index (χ1v) is 13.9. The monoisotopic (exact) mass is 546 g/mol. The van der Waals surface area contributed by atoms with Gasteiger partial charge in [0, 0.05) is 24.7 Å². The second kappa shape index (κ2) is 15.8. The molecule has 0 aliphatic rings. The third kappa shape index (κ3) is 10.5. The van der Waals surface area contributed by atoms with Crippen LogP contribution < -0.4 is 21.7 Å². The number of imidazole rings is 1. The Hall–Kier alpha value is -3.38.